The average molecular weight is 219 g/mol. The van der Waals surface area contributed by atoms with Gasteiger partial charge < -0.3 is 10.6 Å². The summed E-state index contributed by atoms with van der Waals surface area (Å²) in [5.41, 5.74) is 7.94. The van der Waals surface area contributed by atoms with Crippen LogP contribution >= 0.6 is 0 Å². The van der Waals surface area contributed by atoms with E-state index in [-0.39, 0.29) is 12.1 Å². The third-order valence-corrected chi connectivity index (χ3v) is 2.72. The lowest BCUT2D eigenvalue weighted by atomic mass is 10.1. The molecule has 0 radical (unpaired) electrons. The molecule has 0 bridgehead atoms. The molecule has 1 heterocycles. The second-order valence-electron chi connectivity index (χ2n) is 4.36. The minimum atomic E-state index is -0.0245. The van der Waals surface area contributed by atoms with Crippen molar-refractivity contribution in [3.05, 3.63) is 29.8 Å². The Morgan fingerprint density at radius 3 is 2.81 bits per heavy atom. The lowest BCUT2D eigenvalue weighted by Crippen LogP contribution is -2.49. The Labute approximate surface area is 95.6 Å². The minimum absolute atomic E-state index is 0.0241. The van der Waals surface area contributed by atoms with Gasteiger partial charge in [0.05, 0.1) is 5.69 Å². The fourth-order valence-electron chi connectivity index (χ4n) is 2.00. The quantitative estimate of drug-likeness (QED) is 0.817. The molecule has 2 N–H and O–H groups in total. The summed E-state index contributed by atoms with van der Waals surface area (Å²) >= 11 is 0. The molecular weight excluding hydrogens is 202 g/mol. The lowest BCUT2D eigenvalue weighted by molar-refractivity contribution is 0.210. The largest absolute Gasteiger partial charge is 0.326 e. The van der Waals surface area contributed by atoms with Gasteiger partial charge in [-0.05, 0) is 18.6 Å². The van der Waals surface area contributed by atoms with E-state index in [2.05, 4.69) is 0 Å². The van der Waals surface area contributed by atoms with Crippen molar-refractivity contribution in [1.29, 1.82) is 0 Å². The number of para-hydroxylation sites is 1. The van der Waals surface area contributed by atoms with Crippen LogP contribution in [0, 0.1) is 0 Å². The summed E-state index contributed by atoms with van der Waals surface area (Å²) < 4.78 is 0. The maximum absolute atomic E-state index is 12.0. The van der Waals surface area contributed by atoms with Crippen LogP contribution in [-0.4, -0.2) is 30.6 Å². The highest BCUT2D eigenvalue weighted by Gasteiger charge is 2.27. The van der Waals surface area contributed by atoms with Crippen LogP contribution in [-0.2, 0) is 6.54 Å². The lowest BCUT2D eigenvalue weighted by Gasteiger charge is -2.35. The molecule has 86 valence electrons. The maximum atomic E-state index is 12.0. The Balaban J connectivity index is 2.38. The van der Waals surface area contributed by atoms with Crippen molar-refractivity contribution in [3.8, 4) is 0 Å². The van der Waals surface area contributed by atoms with E-state index in [9.17, 15) is 4.79 Å². The number of carbonyl (C=O) groups excluding carboxylic acids is 1. The van der Waals surface area contributed by atoms with Gasteiger partial charge in [0.1, 0.15) is 0 Å². The van der Waals surface area contributed by atoms with Crippen molar-refractivity contribution in [1.82, 2.24) is 4.90 Å². The normalized spacial score (nSPS) is 17.3. The predicted molar refractivity (Wildman–Crippen MR) is 64.3 cm³/mol. The number of carbonyl (C=O) groups is 1. The molecule has 0 unspecified atom stereocenters. The van der Waals surface area contributed by atoms with Gasteiger partial charge in [0.15, 0.2) is 0 Å². The molecule has 0 saturated heterocycles. The van der Waals surface area contributed by atoms with Crippen molar-refractivity contribution in [3.63, 3.8) is 0 Å². The zero-order valence-electron chi connectivity index (χ0n) is 9.68. The molecular formula is C12H17N3O. The van der Waals surface area contributed by atoms with Gasteiger partial charge in [0.2, 0.25) is 0 Å². The van der Waals surface area contributed by atoms with Gasteiger partial charge in [0.25, 0.3) is 0 Å². The van der Waals surface area contributed by atoms with Gasteiger partial charge in [-0.3, -0.25) is 4.90 Å². The molecule has 16 heavy (non-hydrogen) atoms. The van der Waals surface area contributed by atoms with Gasteiger partial charge in [-0.25, -0.2) is 4.79 Å². The molecule has 1 aliphatic heterocycles. The Morgan fingerprint density at radius 2 is 2.12 bits per heavy atom. The Kier molecular flexibility index (Phi) is 2.83. The molecule has 1 aromatic carbocycles. The molecule has 0 aromatic heterocycles. The van der Waals surface area contributed by atoms with Gasteiger partial charge >= 0.3 is 6.03 Å². The minimum Gasteiger partial charge on any atom is -0.326 e. The van der Waals surface area contributed by atoms with Crippen LogP contribution in [0.3, 0.4) is 0 Å². The summed E-state index contributed by atoms with van der Waals surface area (Å²) in [6, 6.07) is 7.97. The topological polar surface area (TPSA) is 49.6 Å². The third-order valence-electron chi connectivity index (χ3n) is 2.72. The van der Waals surface area contributed by atoms with E-state index in [4.69, 9.17) is 5.73 Å². The summed E-state index contributed by atoms with van der Waals surface area (Å²) in [6.07, 6.45) is 0. The monoisotopic (exact) mass is 219 g/mol. The Bertz CT molecular complexity index is 403. The van der Waals surface area contributed by atoms with E-state index in [1.807, 2.05) is 38.2 Å². The summed E-state index contributed by atoms with van der Waals surface area (Å²) in [5.74, 6) is 0. The number of rotatable bonds is 2. The molecule has 0 fully saturated rings. The van der Waals surface area contributed by atoms with Gasteiger partial charge in [0, 0.05) is 26.2 Å². The second-order valence-corrected chi connectivity index (χ2v) is 4.36. The van der Waals surface area contributed by atoms with E-state index in [1.165, 1.54) is 5.56 Å². The highest BCUT2D eigenvalue weighted by atomic mass is 16.2. The van der Waals surface area contributed by atoms with Crippen molar-refractivity contribution in [2.75, 3.05) is 18.5 Å². The number of nitrogens with two attached hydrogens (primary N) is 1. The maximum Gasteiger partial charge on any atom is 0.324 e. The first kappa shape index (κ1) is 11.0. The SMILES string of the molecule is C[C@H](N)CN1C(=O)N(C)Cc2ccccc21. The first-order chi connectivity index (χ1) is 7.59. The Hall–Kier alpha value is -1.55. The molecule has 2 amide bonds. The number of amides is 2. The van der Waals surface area contributed by atoms with E-state index in [0.717, 1.165) is 5.69 Å². The predicted octanol–water partition coefficient (Wildman–Crippen LogP) is 1.41. The van der Waals surface area contributed by atoms with Crippen molar-refractivity contribution in [2.24, 2.45) is 5.73 Å². The third kappa shape index (κ3) is 1.88. The van der Waals surface area contributed by atoms with Crippen molar-refractivity contribution >= 4 is 11.7 Å². The number of benzene rings is 1. The highest BCUT2D eigenvalue weighted by Crippen LogP contribution is 2.27. The molecule has 1 atom stereocenters. The molecule has 2 rings (SSSR count). The van der Waals surface area contributed by atoms with E-state index in [1.54, 1.807) is 9.80 Å². The number of fused-ring (bicyclic) bond motifs is 1. The molecule has 4 nitrogen and oxygen atoms in total. The molecule has 0 saturated carbocycles. The fourth-order valence-corrected chi connectivity index (χ4v) is 2.00. The number of urea groups is 1. The molecule has 1 aliphatic rings. The molecule has 0 spiro atoms. The number of anilines is 1. The van der Waals surface area contributed by atoms with Crippen LogP contribution in [0.5, 0.6) is 0 Å². The number of hydrogen-bond donors (Lipinski definition) is 1. The summed E-state index contributed by atoms with van der Waals surface area (Å²) in [6.45, 7) is 3.13. The van der Waals surface area contributed by atoms with E-state index >= 15 is 0 Å². The first-order valence-corrected chi connectivity index (χ1v) is 5.45. The summed E-state index contributed by atoms with van der Waals surface area (Å²) in [7, 11) is 1.81. The molecule has 1 aromatic rings. The average Bonchev–Trinajstić information content (AvgIpc) is 2.24. The zero-order valence-corrected chi connectivity index (χ0v) is 9.68. The second kappa shape index (κ2) is 4.14. The van der Waals surface area contributed by atoms with Gasteiger partial charge in [-0.15, -0.1) is 0 Å². The van der Waals surface area contributed by atoms with Crippen LogP contribution in [0.4, 0.5) is 10.5 Å². The zero-order chi connectivity index (χ0) is 11.7. The van der Waals surface area contributed by atoms with Crippen molar-refractivity contribution in [2.45, 2.75) is 19.5 Å². The van der Waals surface area contributed by atoms with Crippen LogP contribution in [0.15, 0.2) is 24.3 Å². The number of hydrogen-bond acceptors (Lipinski definition) is 2. The number of nitrogens with zero attached hydrogens (tertiary/aromatic N) is 2. The standard InChI is InChI=1S/C12H17N3O/c1-9(13)7-15-11-6-4-3-5-10(11)8-14(2)12(15)16/h3-6,9H,7-8,13H2,1-2H3/t9-/m0/s1. The first-order valence-electron chi connectivity index (χ1n) is 5.45. The highest BCUT2D eigenvalue weighted by molar-refractivity contribution is 5.94. The summed E-state index contributed by atoms with van der Waals surface area (Å²) in [5, 5.41) is 0. The molecule has 0 aliphatic carbocycles. The van der Waals surface area contributed by atoms with E-state index in [0.29, 0.717) is 13.1 Å². The molecule has 4 heteroatoms. The Morgan fingerprint density at radius 1 is 1.44 bits per heavy atom. The fraction of sp³-hybridized carbons (Fsp3) is 0.417. The van der Waals surface area contributed by atoms with Crippen LogP contribution in [0.2, 0.25) is 0 Å². The van der Waals surface area contributed by atoms with Crippen LogP contribution < -0.4 is 10.6 Å². The summed E-state index contributed by atoms with van der Waals surface area (Å²) in [4.78, 5) is 15.5. The van der Waals surface area contributed by atoms with E-state index < -0.39 is 0 Å². The van der Waals surface area contributed by atoms with Crippen LogP contribution in [0.25, 0.3) is 0 Å². The van der Waals surface area contributed by atoms with Gasteiger partial charge in [-0.1, -0.05) is 18.2 Å². The van der Waals surface area contributed by atoms with Crippen molar-refractivity contribution < 1.29 is 4.79 Å². The van der Waals surface area contributed by atoms with Gasteiger partial charge in [-0.2, -0.15) is 0 Å². The van der Waals surface area contributed by atoms with Crippen LogP contribution in [0.1, 0.15) is 12.5 Å². The smallest absolute Gasteiger partial charge is 0.324 e.